The van der Waals surface area contributed by atoms with Crippen LogP contribution in [-0.2, 0) is 14.6 Å². The number of hydrogen-bond acceptors (Lipinski definition) is 6. The number of rotatable bonds is 5. The Labute approximate surface area is 106 Å². The van der Waals surface area contributed by atoms with Gasteiger partial charge in [0.1, 0.15) is 6.61 Å². The van der Waals surface area contributed by atoms with Crippen molar-refractivity contribution in [3.8, 4) is 0 Å². The smallest absolute Gasteiger partial charge is 0.340 e. The maximum atomic E-state index is 11.6. The lowest BCUT2D eigenvalue weighted by Crippen LogP contribution is -2.17. The van der Waals surface area contributed by atoms with Crippen LogP contribution in [0.5, 0.6) is 0 Å². The highest BCUT2D eigenvalue weighted by Gasteiger charge is 2.13. The van der Waals surface area contributed by atoms with Crippen molar-refractivity contribution in [2.75, 3.05) is 29.6 Å². The van der Waals surface area contributed by atoms with Crippen molar-refractivity contribution in [3.63, 3.8) is 0 Å². The van der Waals surface area contributed by atoms with E-state index < -0.39 is 15.8 Å². The van der Waals surface area contributed by atoms with Crippen molar-refractivity contribution in [2.45, 2.75) is 6.92 Å². The highest BCUT2D eigenvalue weighted by molar-refractivity contribution is 7.91. The molecule has 0 heterocycles. The van der Waals surface area contributed by atoms with Gasteiger partial charge in [-0.05, 0) is 18.2 Å². The van der Waals surface area contributed by atoms with Crippen LogP contribution in [-0.4, -0.2) is 32.5 Å². The van der Waals surface area contributed by atoms with Crippen LogP contribution >= 0.6 is 0 Å². The molecule has 0 bridgehead atoms. The number of carbonyl (C=O) groups is 1. The maximum Gasteiger partial charge on any atom is 0.340 e. The van der Waals surface area contributed by atoms with Crippen molar-refractivity contribution in [2.24, 2.45) is 0 Å². The van der Waals surface area contributed by atoms with Gasteiger partial charge in [0.15, 0.2) is 9.84 Å². The van der Waals surface area contributed by atoms with E-state index in [9.17, 15) is 13.2 Å². The average Bonchev–Trinajstić information content (AvgIpc) is 2.28. The van der Waals surface area contributed by atoms with Crippen molar-refractivity contribution >= 4 is 27.2 Å². The molecule has 0 atom stereocenters. The second-order valence-electron chi connectivity index (χ2n) is 3.72. The molecule has 6 nitrogen and oxygen atoms in total. The Hall–Kier alpha value is -1.76. The van der Waals surface area contributed by atoms with E-state index >= 15 is 0 Å². The Morgan fingerprint density at radius 3 is 2.56 bits per heavy atom. The third-order valence-electron chi connectivity index (χ3n) is 2.36. The van der Waals surface area contributed by atoms with Gasteiger partial charge in [-0.1, -0.05) is 6.92 Å². The summed E-state index contributed by atoms with van der Waals surface area (Å²) < 4.78 is 27.2. The quantitative estimate of drug-likeness (QED) is 0.594. The highest BCUT2D eigenvalue weighted by atomic mass is 32.2. The Morgan fingerprint density at radius 2 is 2.00 bits per heavy atom. The summed E-state index contributed by atoms with van der Waals surface area (Å²) in [5, 5.41) is 0. The fraction of sp³-hybridized carbons (Fsp3) is 0.364. The topological polar surface area (TPSA) is 112 Å². The molecule has 0 aliphatic rings. The van der Waals surface area contributed by atoms with Crippen LogP contribution in [0.1, 0.15) is 17.3 Å². The molecule has 0 aliphatic carbocycles. The summed E-state index contributed by atoms with van der Waals surface area (Å²) in [4.78, 5) is 11.6. The average molecular weight is 272 g/mol. The molecule has 0 unspecified atom stereocenters. The second-order valence-corrected chi connectivity index (χ2v) is 6.19. The summed E-state index contributed by atoms with van der Waals surface area (Å²) in [6.45, 7) is 1.36. The van der Waals surface area contributed by atoms with Crippen LogP contribution in [0.15, 0.2) is 18.2 Å². The van der Waals surface area contributed by atoms with E-state index in [0.717, 1.165) is 0 Å². The van der Waals surface area contributed by atoms with E-state index in [-0.39, 0.29) is 29.4 Å². The van der Waals surface area contributed by atoms with Gasteiger partial charge in [-0.15, -0.1) is 0 Å². The van der Waals surface area contributed by atoms with Gasteiger partial charge in [0.05, 0.1) is 11.3 Å². The van der Waals surface area contributed by atoms with Gasteiger partial charge < -0.3 is 16.2 Å². The number of sulfone groups is 1. The minimum Gasteiger partial charge on any atom is -0.461 e. The summed E-state index contributed by atoms with van der Waals surface area (Å²) in [6.07, 6.45) is 0. The van der Waals surface area contributed by atoms with Gasteiger partial charge >= 0.3 is 5.97 Å². The van der Waals surface area contributed by atoms with E-state index in [4.69, 9.17) is 16.2 Å². The summed E-state index contributed by atoms with van der Waals surface area (Å²) in [7, 11) is -3.14. The Morgan fingerprint density at radius 1 is 1.33 bits per heavy atom. The molecule has 0 fully saturated rings. The van der Waals surface area contributed by atoms with Crippen molar-refractivity contribution in [3.05, 3.63) is 23.8 Å². The molecular formula is C11H16N2O4S. The maximum absolute atomic E-state index is 11.6. The minimum absolute atomic E-state index is 0.0224. The molecule has 1 aromatic rings. The normalized spacial score (nSPS) is 11.2. The number of anilines is 2. The molecule has 0 aliphatic heterocycles. The van der Waals surface area contributed by atoms with Gasteiger partial charge in [-0.25, -0.2) is 13.2 Å². The molecule has 0 spiro atoms. The number of ether oxygens (including phenoxy) is 1. The first-order valence-corrected chi connectivity index (χ1v) is 7.20. The molecule has 0 radical (unpaired) electrons. The lowest BCUT2D eigenvalue weighted by atomic mass is 10.1. The monoisotopic (exact) mass is 272 g/mol. The summed E-state index contributed by atoms with van der Waals surface area (Å²) >= 11 is 0. The van der Waals surface area contributed by atoms with Crippen molar-refractivity contribution < 1.29 is 17.9 Å². The molecule has 0 aromatic heterocycles. The number of hydrogen-bond donors (Lipinski definition) is 2. The molecule has 18 heavy (non-hydrogen) atoms. The lowest BCUT2D eigenvalue weighted by molar-refractivity contribution is 0.0530. The lowest BCUT2D eigenvalue weighted by Gasteiger charge is -2.07. The largest absolute Gasteiger partial charge is 0.461 e. The van der Waals surface area contributed by atoms with Crippen LogP contribution in [0, 0.1) is 0 Å². The number of nitrogen functional groups attached to an aromatic ring is 2. The first-order valence-electron chi connectivity index (χ1n) is 5.38. The SMILES string of the molecule is CCS(=O)(=O)CCOC(=O)c1ccc(N)cc1N. The van der Waals surface area contributed by atoms with E-state index in [2.05, 4.69) is 0 Å². The summed E-state index contributed by atoms with van der Waals surface area (Å²) in [5.41, 5.74) is 11.9. The van der Waals surface area contributed by atoms with Crippen LogP contribution < -0.4 is 11.5 Å². The van der Waals surface area contributed by atoms with E-state index in [1.54, 1.807) is 0 Å². The van der Waals surface area contributed by atoms with Gasteiger partial charge in [0.25, 0.3) is 0 Å². The number of benzene rings is 1. The Balaban J connectivity index is 2.61. The Kier molecular flexibility index (Phi) is 4.55. The van der Waals surface area contributed by atoms with Gasteiger partial charge in [-0.2, -0.15) is 0 Å². The number of carbonyl (C=O) groups excluding carboxylic acids is 1. The molecule has 0 amide bonds. The highest BCUT2D eigenvalue weighted by Crippen LogP contribution is 2.16. The number of nitrogens with two attached hydrogens (primary N) is 2. The third-order valence-corrected chi connectivity index (χ3v) is 4.03. The number of esters is 1. The van der Waals surface area contributed by atoms with Crippen LogP contribution in [0.25, 0.3) is 0 Å². The van der Waals surface area contributed by atoms with Gasteiger partial charge in [0.2, 0.25) is 0 Å². The Bertz CT molecular complexity index is 540. The van der Waals surface area contributed by atoms with Crippen molar-refractivity contribution in [1.82, 2.24) is 0 Å². The zero-order chi connectivity index (χ0) is 13.8. The fourth-order valence-electron chi connectivity index (χ4n) is 1.25. The molecule has 4 N–H and O–H groups in total. The van der Waals surface area contributed by atoms with Crippen LogP contribution in [0.3, 0.4) is 0 Å². The molecule has 0 saturated heterocycles. The fourth-order valence-corrected chi connectivity index (χ4v) is 1.88. The van der Waals surface area contributed by atoms with Crippen LogP contribution in [0.2, 0.25) is 0 Å². The summed E-state index contributed by atoms with van der Waals surface area (Å²) in [6, 6.07) is 4.41. The third kappa shape index (κ3) is 3.92. The first-order chi connectivity index (χ1) is 8.35. The van der Waals surface area contributed by atoms with Crippen LogP contribution in [0.4, 0.5) is 11.4 Å². The predicted molar refractivity (Wildman–Crippen MR) is 69.9 cm³/mol. The zero-order valence-electron chi connectivity index (χ0n) is 10.0. The van der Waals surface area contributed by atoms with Gasteiger partial charge in [-0.3, -0.25) is 0 Å². The molecule has 7 heteroatoms. The second kappa shape index (κ2) is 5.72. The standard InChI is InChI=1S/C11H16N2O4S/c1-2-18(15,16)6-5-17-11(14)9-4-3-8(12)7-10(9)13/h3-4,7H,2,5-6,12-13H2,1H3. The molecular weight excluding hydrogens is 256 g/mol. The van der Waals surface area contributed by atoms with E-state index in [0.29, 0.717) is 5.69 Å². The predicted octanol–water partition coefficient (Wildman–Crippen LogP) is 0.443. The molecule has 1 aromatic carbocycles. The van der Waals surface area contributed by atoms with Crippen molar-refractivity contribution in [1.29, 1.82) is 0 Å². The molecule has 0 saturated carbocycles. The zero-order valence-corrected chi connectivity index (χ0v) is 10.9. The molecule has 1 rings (SSSR count). The minimum atomic E-state index is -3.14. The van der Waals surface area contributed by atoms with E-state index in [1.165, 1.54) is 25.1 Å². The molecule has 100 valence electrons. The van der Waals surface area contributed by atoms with E-state index in [1.807, 2.05) is 0 Å². The van der Waals surface area contributed by atoms with Gasteiger partial charge in [0, 0.05) is 17.1 Å². The summed E-state index contributed by atoms with van der Waals surface area (Å²) in [5.74, 6) is -0.822. The first kappa shape index (κ1) is 14.3.